The molecule has 0 unspecified atom stereocenters. The minimum absolute atomic E-state index is 0.485. The van der Waals surface area contributed by atoms with Gasteiger partial charge in [-0.1, -0.05) is 218 Å². The molecule has 0 bridgehead atoms. The first-order chi connectivity index (χ1) is 35.2. The Hall–Kier alpha value is -9.24. The Morgan fingerprint density at radius 2 is 0.873 bits per heavy atom. The lowest BCUT2D eigenvalue weighted by Gasteiger charge is -2.34. The van der Waals surface area contributed by atoms with Crippen molar-refractivity contribution in [2.75, 3.05) is 4.90 Å². The smallest absolute Gasteiger partial charge is 0.0713 e. The van der Waals surface area contributed by atoms with E-state index in [0.717, 1.165) is 28.3 Å². The van der Waals surface area contributed by atoms with E-state index in [1.54, 1.807) is 0 Å². The third kappa shape index (κ3) is 6.35. The number of hydrogen-bond donors (Lipinski definition) is 0. The van der Waals surface area contributed by atoms with Crippen LogP contribution in [0.1, 0.15) is 22.3 Å². The Bertz CT molecular complexity index is 4110. The lowest BCUT2D eigenvalue weighted by molar-refractivity contribution is 0.768. The molecule has 1 aliphatic rings. The SMILES string of the molecule is c1ccc(-n2c3ccccc3c3c(-c4cccc(N(c5ccc(-c6cccc7c6ccc6ccccc67)cc5)c5ccc6c(c5)-c5ccccc5C6(c5ccccc5)c5ccccc5)c4)cccc32)cc1. The molecule has 0 spiro atoms. The molecule has 2 heteroatoms. The number of fused-ring (bicyclic) bond motifs is 9. The van der Waals surface area contributed by atoms with E-state index in [9.17, 15) is 0 Å². The molecule has 14 rings (SSSR count). The minimum atomic E-state index is -0.485. The van der Waals surface area contributed by atoms with Crippen molar-refractivity contribution in [2.45, 2.75) is 5.41 Å². The molecule has 71 heavy (non-hydrogen) atoms. The van der Waals surface area contributed by atoms with Crippen LogP contribution in [-0.4, -0.2) is 4.57 Å². The molecule has 0 aliphatic heterocycles. The quantitative estimate of drug-likeness (QED) is 0.138. The molecular weight excluding hydrogens is 857 g/mol. The van der Waals surface area contributed by atoms with Crippen LogP contribution in [0.25, 0.3) is 82.4 Å². The van der Waals surface area contributed by atoms with E-state index in [-0.39, 0.29) is 0 Å². The lowest BCUT2D eigenvalue weighted by Crippen LogP contribution is -2.28. The van der Waals surface area contributed by atoms with E-state index in [0.29, 0.717) is 0 Å². The van der Waals surface area contributed by atoms with Gasteiger partial charge in [-0.05, 0) is 138 Å². The molecule has 0 saturated heterocycles. The molecule has 0 amide bonds. The molecule has 0 fully saturated rings. The van der Waals surface area contributed by atoms with Gasteiger partial charge in [0.15, 0.2) is 0 Å². The number of anilines is 3. The van der Waals surface area contributed by atoms with Crippen molar-refractivity contribution < 1.29 is 0 Å². The van der Waals surface area contributed by atoms with Gasteiger partial charge < -0.3 is 9.47 Å². The Balaban J connectivity index is 0.970. The highest BCUT2D eigenvalue weighted by atomic mass is 15.1. The first-order valence-electron chi connectivity index (χ1n) is 24.6. The van der Waals surface area contributed by atoms with E-state index in [2.05, 4.69) is 289 Å². The number of aromatic nitrogens is 1. The van der Waals surface area contributed by atoms with Crippen LogP contribution in [0.15, 0.2) is 279 Å². The van der Waals surface area contributed by atoms with Gasteiger partial charge in [0.25, 0.3) is 0 Å². The topological polar surface area (TPSA) is 8.17 Å². The van der Waals surface area contributed by atoms with Gasteiger partial charge in [-0.15, -0.1) is 0 Å². The summed E-state index contributed by atoms with van der Waals surface area (Å²) < 4.78 is 2.40. The Kier molecular flexibility index (Phi) is 9.47. The highest BCUT2D eigenvalue weighted by Crippen LogP contribution is 2.57. The summed E-state index contributed by atoms with van der Waals surface area (Å²) in [5, 5.41) is 7.53. The van der Waals surface area contributed by atoms with Crippen LogP contribution >= 0.6 is 0 Å². The molecule has 0 atom stereocenters. The normalized spacial score (nSPS) is 12.6. The number of para-hydroxylation sites is 2. The van der Waals surface area contributed by atoms with E-state index in [1.807, 2.05) is 0 Å². The molecule has 1 heterocycles. The third-order valence-corrected chi connectivity index (χ3v) is 15.1. The van der Waals surface area contributed by atoms with Crippen molar-refractivity contribution in [3.63, 3.8) is 0 Å². The Morgan fingerprint density at radius 1 is 0.296 bits per heavy atom. The van der Waals surface area contributed by atoms with E-state index in [1.165, 1.54) is 93.4 Å². The molecule has 12 aromatic carbocycles. The van der Waals surface area contributed by atoms with Crippen LogP contribution in [0.2, 0.25) is 0 Å². The first kappa shape index (κ1) is 40.8. The third-order valence-electron chi connectivity index (χ3n) is 15.1. The molecule has 1 aromatic heterocycles. The summed E-state index contributed by atoms with van der Waals surface area (Å²) in [6.45, 7) is 0. The van der Waals surface area contributed by atoms with Crippen molar-refractivity contribution in [1.29, 1.82) is 0 Å². The molecule has 0 N–H and O–H groups in total. The second-order valence-electron chi connectivity index (χ2n) is 18.8. The maximum Gasteiger partial charge on any atom is 0.0713 e. The highest BCUT2D eigenvalue weighted by molar-refractivity contribution is 6.16. The molecule has 0 radical (unpaired) electrons. The summed E-state index contributed by atoms with van der Waals surface area (Å²) in [6, 6.07) is 103. The fourth-order valence-electron chi connectivity index (χ4n) is 12.0. The molecule has 1 aliphatic carbocycles. The van der Waals surface area contributed by atoms with Crippen LogP contribution in [0.4, 0.5) is 17.1 Å². The molecule has 13 aromatic rings. The maximum atomic E-state index is 2.45. The van der Waals surface area contributed by atoms with E-state index >= 15 is 0 Å². The van der Waals surface area contributed by atoms with Gasteiger partial charge in [0.05, 0.1) is 16.4 Å². The fraction of sp³-hybridized carbons (Fsp3) is 0.0145. The fourth-order valence-corrected chi connectivity index (χ4v) is 12.0. The van der Waals surface area contributed by atoms with Crippen LogP contribution in [0, 0.1) is 0 Å². The number of hydrogen-bond acceptors (Lipinski definition) is 1. The second-order valence-corrected chi connectivity index (χ2v) is 18.8. The van der Waals surface area contributed by atoms with Crippen molar-refractivity contribution in [3.8, 4) is 39.1 Å². The summed E-state index contributed by atoms with van der Waals surface area (Å²) in [6.07, 6.45) is 0. The molecular formula is C69H46N2. The van der Waals surface area contributed by atoms with Gasteiger partial charge in [0, 0.05) is 33.5 Å². The Labute approximate surface area is 413 Å². The van der Waals surface area contributed by atoms with Crippen molar-refractivity contribution >= 4 is 60.4 Å². The van der Waals surface area contributed by atoms with Crippen molar-refractivity contribution in [2.24, 2.45) is 0 Å². The first-order valence-corrected chi connectivity index (χ1v) is 24.6. The van der Waals surface area contributed by atoms with Crippen molar-refractivity contribution in [3.05, 3.63) is 301 Å². The Morgan fingerprint density at radius 3 is 1.68 bits per heavy atom. The van der Waals surface area contributed by atoms with Gasteiger partial charge in [-0.2, -0.15) is 0 Å². The zero-order valence-corrected chi connectivity index (χ0v) is 39.0. The zero-order chi connectivity index (χ0) is 46.9. The lowest BCUT2D eigenvalue weighted by atomic mass is 9.68. The standard InChI is InChI=1S/C69H46N2/c1-4-21-50(22-5-1)69(51-23-6-2-7-24-51)64-34-14-12-29-61(64)63-46-55(42-44-65(63)69)70(53-40-37-48(38-41-53)57-31-17-33-59-56-28-11-10-19-47(56)39-43-60(57)59)54-27-16-20-49(45-54)58-32-18-36-67-68(58)62-30-13-15-35-66(62)71(67)52-25-8-3-9-26-52/h1-46H. The summed E-state index contributed by atoms with van der Waals surface area (Å²) >= 11 is 0. The van der Waals surface area contributed by atoms with Gasteiger partial charge in [0.1, 0.15) is 0 Å². The molecule has 332 valence electrons. The largest absolute Gasteiger partial charge is 0.310 e. The van der Waals surface area contributed by atoms with Crippen LogP contribution in [0.3, 0.4) is 0 Å². The average Bonchev–Trinajstić information content (AvgIpc) is 3.95. The molecule has 2 nitrogen and oxygen atoms in total. The van der Waals surface area contributed by atoms with E-state index < -0.39 is 5.41 Å². The maximum absolute atomic E-state index is 2.45. The summed E-state index contributed by atoms with van der Waals surface area (Å²) in [5.74, 6) is 0. The summed E-state index contributed by atoms with van der Waals surface area (Å²) in [7, 11) is 0. The van der Waals surface area contributed by atoms with E-state index in [4.69, 9.17) is 0 Å². The average molecular weight is 903 g/mol. The summed E-state index contributed by atoms with van der Waals surface area (Å²) in [5.41, 5.74) is 18.7. The predicted molar refractivity (Wildman–Crippen MR) is 299 cm³/mol. The molecule has 0 saturated carbocycles. The minimum Gasteiger partial charge on any atom is -0.310 e. The van der Waals surface area contributed by atoms with Crippen LogP contribution < -0.4 is 4.90 Å². The van der Waals surface area contributed by atoms with Crippen LogP contribution in [-0.2, 0) is 5.41 Å². The summed E-state index contributed by atoms with van der Waals surface area (Å²) in [4.78, 5) is 2.45. The monoisotopic (exact) mass is 902 g/mol. The number of rotatable bonds is 8. The highest BCUT2D eigenvalue weighted by Gasteiger charge is 2.46. The van der Waals surface area contributed by atoms with Gasteiger partial charge in [-0.25, -0.2) is 0 Å². The van der Waals surface area contributed by atoms with Crippen molar-refractivity contribution in [1.82, 2.24) is 4.57 Å². The van der Waals surface area contributed by atoms with Gasteiger partial charge >= 0.3 is 0 Å². The second kappa shape index (κ2) is 16.5. The van der Waals surface area contributed by atoms with Crippen LogP contribution in [0.5, 0.6) is 0 Å². The van der Waals surface area contributed by atoms with Gasteiger partial charge in [0.2, 0.25) is 0 Å². The van der Waals surface area contributed by atoms with Gasteiger partial charge in [-0.3, -0.25) is 0 Å². The number of benzene rings is 12. The predicted octanol–water partition coefficient (Wildman–Crippen LogP) is 18.3. The number of nitrogens with zero attached hydrogens (tertiary/aromatic N) is 2. The zero-order valence-electron chi connectivity index (χ0n) is 39.0.